The van der Waals surface area contributed by atoms with Crippen molar-refractivity contribution in [3.05, 3.63) is 105 Å². The van der Waals surface area contributed by atoms with Gasteiger partial charge in [-0.05, 0) is 90.6 Å². The number of carboxylic acid groups (broad SMARTS) is 1. The highest BCUT2D eigenvalue weighted by Gasteiger charge is 2.30. The number of hydrogen-bond donors (Lipinski definition) is 2. The third kappa shape index (κ3) is 6.37. The zero-order valence-electron chi connectivity index (χ0n) is 25.4. The summed E-state index contributed by atoms with van der Waals surface area (Å²) in [6.45, 7) is 6.22. The molecule has 238 valence electrons. The molecular formula is C34H32F2N4O4S2. The molecule has 6 rings (SSSR count). The van der Waals surface area contributed by atoms with Crippen molar-refractivity contribution in [2.24, 2.45) is 11.1 Å². The van der Waals surface area contributed by atoms with E-state index in [2.05, 4.69) is 18.8 Å². The number of benzene rings is 3. The Morgan fingerprint density at radius 3 is 2.41 bits per heavy atom. The van der Waals surface area contributed by atoms with Crippen LogP contribution in [-0.4, -0.2) is 34.3 Å². The molecule has 2 heterocycles. The van der Waals surface area contributed by atoms with Crippen molar-refractivity contribution in [1.29, 1.82) is 0 Å². The van der Waals surface area contributed by atoms with Crippen LogP contribution in [0, 0.1) is 24.5 Å². The van der Waals surface area contributed by atoms with E-state index >= 15 is 4.39 Å². The average molecular weight is 663 g/mol. The van der Waals surface area contributed by atoms with Gasteiger partial charge in [0.1, 0.15) is 16.5 Å². The Hall–Kier alpha value is -4.26. The lowest BCUT2D eigenvalue weighted by atomic mass is 9.92. The molecule has 1 saturated carbocycles. The zero-order valence-corrected chi connectivity index (χ0v) is 27.1. The molecule has 0 radical (unpaired) electrons. The first-order valence-electron chi connectivity index (χ1n) is 14.8. The SMILES string of the molecule is Cc1cc(-c2cc(-c3nn(-c4nc(C(=O)O)cs4)c(CC4CC4)c3Cc3ccc(S(N)(=O)=O)c(F)c3)ccc2F)ccc1C(C)C. The molecule has 2 aromatic heterocycles. The van der Waals surface area contributed by atoms with Crippen molar-refractivity contribution in [3.63, 3.8) is 0 Å². The summed E-state index contributed by atoms with van der Waals surface area (Å²) in [5.74, 6) is -1.82. The molecule has 0 aliphatic heterocycles. The molecule has 0 bridgehead atoms. The number of halogens is 2. The van der Waals surface area contributed by atoms with Crippen LogP contribution in [0.4, 0.5) is 8.78 Å². The summed E-state index contributed by atoms with van der Waals surface area (Å²) in [4.78, 5) is 15.4. The zero-order chi connectivity index (χ0) is 32.9. The van der Waals surface area contributed by atoms with Gasteiger partial charge in [-0.15, -0.1) is 11.3 Å². The van der Waals surface area contributed by atoms with Crippen molar-refractivity contribution < 1.29 is 27.1 Å². The normalized spacial score (nSPS) is 13.5. The molecule has 0 unspecified atom stereocenters. The number of primary sulfonamides is 1. The minimum Gasteiger partial charge on any atom is -0.476 e. The molecule has 0 saturated heterocycles. The Morgan fingerprint density at radius 2 is 1.80 bits per heavy atom. The van der Waals surface area contributed by atoms with Gasteiger partial charge >= 0.3 is 5.97 Å². The van der Waals surface area contributed by atoms with Gasteiger partial charge in [0, 0.05) is 28.5 Å². The Morgan fingerprint density at radius 1 is 1.07 bits per heavy atom. The quantitative estimate of drug-likeness (QED) is 0.162. The number of aryl methyl sites for hydroxylation is 1. The van der Waals surface area contributed by atoms with Crippen LogP contribution in [0.2, 0.25) is 0 Å². The van der Waals surface area contributed by atoms with Gasteiger partial charge in [0.2, 0.25) is 15.2 Å². The van der Waals surface area contributed by atoms with Crippen LogP contribution >= 0.6 is 11.3 Å². The number of carboxylic acids is 1. The van der Waals surface area contributed by atoms with Crippen LogP contribution in [0.1, 0.15) is 71.0 Å². The second-order valence-corrected chi connectivity index (χ2v) is 14.4. The minimum atomic E-state index is -4.25. The summed E-state index contributed by atoms with van der Waals surface area (Å²) in [5.41, 5.74) is 6.34. The molecular weight excluding hydrogens is 631 g/mol. The fourth-order valence-electron chi connectivity index (χ4n) is 5.80. The number of aromatic nitrogens is 3. The summed E-state index contributed by atoms with van der Waals surface area (Å²) in [6, 6.07) is 14.4. The highest BCUT2D eigenvalue weighted by Crippen LogP contribution is 2.39. The molecule has 3 aromatic carbocycles. The average Bonchev–Trinajstić information content (AvgIpc) is 3.54. The minimum absolute atomic E-state index is 0.110. The second-order valence-electron chi connectivity index (χ2n) is 12.1. The number of aromatic carboxylic acids is 1. The highest BCUT2D eigenvalue weighted by atomic mass is 32.2. The molecule has 5 aromatic rings. The topological polar surface area (TPSA) is 128 Å². The summed E-state index contributed by atoms with van der Waals surface area (Å²) in [5, 5.41) is 21.5. The van der Waals surface area contributed by atoms with E-state index in [-0.39, 0.29) is 12.1 Å². The van der Waals surface area contributed by atoms with Crippen molar-refractivity contribution in [3.8, 4) is 27.5 Å². The second kappa shape index (κ2) is 12.2. The Kier molecular flexibility index (Phi) is 8.38. The Bertz CT molecular complexity index is 2100. The summed E-state index contributed by atoms with van der Waals surface area (Å²) < 4.78 is 55.7. The van der Waals surface area contributed by atoms with Crippen molar-refractivity contribution in [1.82, 2.24) is 14.8 Å². The molecule has 1 aliphatic rings. The van der Waals surface area contributed by atoms with Crippen LogP contribution in [0.25, 0.3) is 27.5 Å². The van der Waals surface area contributed by atoms with E-state index in [4.69, 9.17) is 10.2 Å². The van der Waals surface area contributed by atoms with E-state index in [1.807, 2.05) is 25.1 Å². The molecule has 1 fully saturated rings. The molecule has 0 spiro atoms. The van der Waals surface area contributed by atoms with Gasteiger partial charge < -0.3 is 5.11 Å². The first-order valence-corrected chi connectivity index (χ1v) is 17.2. The standard InChI is InChI=1S/C34H32F2N4O4S2/c1-18(2)24-9-7-22(12-19(24)3)25-16-23(8-10-27(25)35)32-26(13-21-6-11-31(28(36)14-21)46(37,43)44)30(15-20-4-5-20)40(39-32)34-38-29(17-45-34)33(41)42/h6-12,14,16-18,20H,4-5,13,15H2,1-3H3,(H,41,42)(H2,37,43,44). The summed E-state index contributed by atoms with van der Waals surface area (Å²) in [7, 11) is -4.25. The maximum Gasteiger partial charge on any atom is 0.355 e. The lowest BCUT2D eigenvalue weighted by Gasteiger charge is -2.13. The van der Waals surface area contributed by atoms with E-state index in [9.17, 15) is 22.7 Å². The molecule has 3 N–H and O–H groups in total. The third-order valence-corrected chi connectivity index (χ3v) is 10.0. The predicted octanol–water partition coefficient (Wildman–Crippen LogP) is 7.26. The third-order valence-electron chi connectivity index (χ3n) is 8.29. The van der Waals surface area contributed by atoms with E-state index < -0.39 is 32.5 Å². The van der Waals surface area contributed by atoms with Crippen LogP contribution in [0.3, 0.4) is 0 Å². The number of nitrogens with zero attached hydrogens (tertiary/aromatic N) is 3. The van der Waals surface area contributed by atoms with Crippen LogP contribution < -0.4 is 5.14 Å². The number of sulfonamides is 1. The monoisotopic (exact) mass is 662 g/mol. The molecule has 46 heavy (non-hydrogen) atoms. The van der Waals surface area contributed by atoms with Crippen molar-refractivity contribution >= 4 is 27.3 Å². The largest absolute Gasteiger partial charge is 0.476 e. The number of nitrogens with two attached hydrogens (primary N) is 1. The first-order chi connectivity index (χ1) is 21.8. The summed E-state index contributed by atoms with van der Waals surface area (Å²) in [6.07, 6.45) is 2.82. The van der Waals surface area contributed by atoms with Crippen molar-refractivity contribution in [2.45, 2.75) is 57.3 Å². The van der Waals surface area contributed by atoms with Gasteiger partial charge in [0.15, 0.2) is 5.69 Å². The van der Waals surface area contributed by atoms with Crippen LogP contribution in [-0.2, 0) is 22.9 Å². The molecule has 8 nitrogen and oxygen atoms in total. The maximum atomic E-state index is 15.4. The first kappa shape index (κ1) is 31.7. The van der Waals surface area contributed by atoms with E-state index in [0.717, 1.165) is 53.1 Å². The Labute approximate surface area is 269 Å². The molecule has 12 heteroatoms. The maximum absolute atomic E-state index is 15.4. The number of thiazole rings is 1. The van der Waals surface area contributed by atoms with E-state index in [1.165, 1.54) is 23.1 Å². The smallest absolute Gasteiger partial charge is 0.355 e. The highest BCUT2D eigenvalue weighted by molar-refractivity contribution is 7.89. The van der Waals surface area contributed by atoms with E-state index in [1.54, 1.807) is 16.8 Å². The molecule has 0 atom stereocenters. The number of hydrogen-bond acceptors (Lipinski definition) is 6. The van der Waals surface area contributed by atoms with Crippen LogP contribution in [0.5, 0.6) is 0 Å². The molecule has 0 amide bonds. The number of rotatable bonds is 10. The summed E-state index contributed by atoms with van der Waals surface area (Å²) >= 11 is 1.14. The fraction of sp³-hybridized carbons (Fsp3) is 0.265. The van der Waals surface area contributed by atoms with Gasteiger partial charge in [0.05, 0.1) is 11.4 Å². The number of carbonyl (C=O) groups is 1. The van der Waals surface area contributed by atoms with Crippen LogP contribution in [0.15, 0.2) is 64.9 Å². The van der Waals surface area contributed by atoms with Gasteiger partial charge in [-0.1, -0.05) is 38.1 Å². The van der Waals surface area contributed by atoms with Gasteiger partial charge in [0.25, 0.3) is 0 Å². The lowest BCUT2D eigenvalue weighted by Crippen LogP contribution is -2.14. The lowest BCUT2D eigenvalue weighted by molar-refractivity contribution is 0.0691. The predicted molar refractivity (Wildman–Crippen MR) is 173 cm³/mol. The van der Waals surface area contributed by atoms with Gasteiger partial charge in [-0.25, -0.2) is 36.8 Å². The Balaban J connectivity index is 1.53. The molecule has 1 aliphatic carbocycles. The fourth-order valence-corrected chi connectivity index (χ4v) is 7.16. The van der Waals surface area contributed by atoms with E-state index in [0.29, 0.717) is 51.3 Å². The van der Waals surface area contributed by atoms with Gasteiger partial charge in [-0.3, -0.25) is 0 Å². The van der Waals surface area contributed by atoms with Crippen molar-refractivity contribution in [2.75, 3.05) is 0 Å². The van der Waals surface area contributed by atoms with Gasteiger partial charge in [-0.2, -0.15) is 5.10 Å².